The van der Waals surface area contributed by atoms with Crippen LogP contribution in [0, 0.1) is 6.92 Å². The predicted octanol–water partition coefficient (Wildman–Crippen LogP) is 2.05. The molecule has 7 heteroatoms. The number of morpholine rings is 1. The van der Waals surface area contributed by atoms with Gasteiger partial charge in [-0.25, -0.2) is 8.42 Å². The van der Waals surface area contributed by atoms with Crippen molar-refractivity contribution in [3.8, 4) is 0 Å². The quantitative estimate of drug-likeness (QED) is 0.874. The van der Waals surface area contributed by atoms with Gasteiger partial charge < -0.3 is 9.84 Å². The topological polar surface area (TPSA) is 66.8 Å². The summed E-state index contributed by atoms with van der Waals surface area (Å²) in [6.45, 7) is 6.02. The number of benzene rings is 1. The fraction of sp³-hybridized carbons (Fsp3) is 0.571. The maximum Gasteiger partial charge on any atom is 0.244 e. The zero-order valence-electron chi connectivity index (χ0n) is 12.3. The zero-order chi connectivity index (χ0) is 15.8. The van der Waals surface area contributed by atoms with E-state index in [-0.39, 0.29) is 23.7 Å². The minimum absolute atomic E-state index is 0.135. The monoisotopic (exact) mass is 377 g/mol. The van der Waals surface area contributed by atoms with Crippen LogP contribution in [0.15, 0.2) is 21.5 Å². The van der Waals surface area contributed by atoms with E-state index in [1.165, 1.54) is 10.4 Å². The Balaban J connectivity index is 2.46. The second kappa shape index (κ2) is 6.34. The molecule has 1 aromatic carbocycles. The maximum absolute atomic E-state index is 12.9. The summed E-state index contributed by atoms with van der Waals surface area (Å²) < 4.78 is 33.3. The summed E-state index contributed by atoms with van der Waals surface area (Å²) in [6.07, 6.45) is -0.270. The van der Waals surface area contributed by atoms with Gasteiger partial charge in [-0.3, -0.25) is 0 Å². The number of aliphatic hydroxyl groups is 1. The van der Waals surface area contributed by atoms with Crippen LogP contribution in [0.5, 0.6) is 0 Å². The van der Waals surface area contributed by atoms with Crippen molar-refractivity contribution >= 4 is 26.0 Å². The molecule has 1 saturated heterocycles. The van der Waals surface area contributed by atoms with E-state index in [9.17, 15) is 13.5 Å². The van der Waals surface area contributed by atoms with Gasteiger partial charge in [0.25, 0.3) is 0 Å². The summed E-state index contributed by atoms with van der Waals surface area (Å²) >= 11 is 3.36. The first-order chi connectivity index (χ1) is 9.75. The molecule has 0 amide bonds. The number of hydrogen-bond acceptors (Lipinski definition) is 4. The minimum Gasteiger partial charge on any atom is -0.392 e. The Morgan fingerprint density at radius 2 is 1.90 bits per heavy atom. The van der Waals surface area contributed by atoms with Crippen molar-refractivity contribution in [2.75, 3.05) is 13.1 Å². The normalized spacial score (nSPS) is 24.2. The lowest BCUT2D eigenvalue weighted by Gasteiger charge is -2.34. The number of nitrogens with zero attached hydrogens (tertiary/aromatic N) is 1. The minimum atomic E-state index is -3.62. The van der Waals surface area contributed by atoms with Gasteiger partial charge in [-0.15, -0.1) is 0 Å². The number of aliphatic hydroxyl groups excluding tert-OH is 1. The molecular weight excluding hydrogens is 358 g/mol. The van der Waals surface area contributed by atoms with E-state index in [0.717, 1.165) is 5.56 Å². The van der Waals surface area contributed by atoms with Crippen molar-refractivity contribution < 1.29 is 18.3 Å². The fourth-order valence-electron chi connectivity index (χ4n) is 2.55. The molecular formula is C14H20BrNO4S. The molecule has 0 aliphatic carbocycles. The molecule has 1 aliphatic rings. The highest BCUT2D eigenvalue weighted by atomic mass is 79.9. The van der Waals surface area contributed by atoms with Gasteiger partial charge in [0.1, 0.15) is 0 Å². The molecule has 2 atom stereocenters. The average molecular weight is 378 g/mol. The summed E-state index contributed by atoms with van der Waals surface area (Å²) in [5.41, 5.74) is 1.37. The van der Waals surface area contributed by atoms with Crippen LogP contribution in [0.25, 0.3) is 0 Å². The molecule has 118 valence electrons. The van der Waals surface area contributed by atoms with E-state index < -0.39 is 10.0 Å². The Morgan fingerprint density at radius 1 is 1.33 bits per heavy atom. The summed E-state index contributed by atoms with van der Waals surface area (Å²) in [5, 5.41) is 9.29. The average Bonchev–Trinajstić information content (AvgIpc) is 2.40. The van der Waals surface area contributed by atoms with Gasteiger partial charge in [-0.05, 0) is 53.9 Å². The number of hydrogen-bond donors (Lipinski definition) is 1. The van der Waals surface area contributed by atoms with Gasteiger partial charge in [0, 0.05) is 17.6 Å². The Morgan fingerprint density at radius 3 is 2.43 bits per heavy atom. The molecule has 0 unspecified atom stereocenters. The predicted molar refractivity (Wildman–Crippen MR) is 83.6 cm³/mol. The second-order valence-electron chi connectivity index (χ2n) is 5.46. The van der Waals surface area contributed by atoms with E-state index in [1.54, 1.807) is 6.07 Å². The third-order valence-corrected chi connectivity index (χ3v) is 6.64. The number of rotatable bonds is 3. The lowest BCUT2D eigenvalue weighted by molar-refractivity contribution is -0.0441. The highest BCUT2D eigenvalue weighted by Crippen LogP contribution is 2.31. The summed E-state index contributed by atoms with van der Waals surface area (Å²) in [5.74, 6) is 0. The number of ether oxygens (including phenoxy) is 1. The molecule has 5 nitrogen and oxygen atoms in total. The molecule has 0 saturated carbocycles. The first-order valence-electron chi connectivity index (χ1n) is 6.81. The molecule has 1 heterocycles. The summed E-state index contributed by atoms with van der Waals surface area (Å²) in [6, 6.07) is 3.30. The molecule has 0 spiro atoms. The van der Waals surface area contributed by atoms with Crippen molar-refractivity contribution in [2.24, 2.45) is 0 Å². The Kier molecular flexibility index (Phi) is 5.10. The molecule has 21 heavy (non-hydrogen) atoms. The highest BCUT2D eigenvalue weighted by Gasteiger charge is 2.33. The lowest BCUT2D eigenvalue weighted by atomic mass is 10.1. The third kappa shape index (κ3) is 3.48. The molecule has 1 aromatic rings. The molecule has 1 N–H and O–H groups in total. The van der Waals surface area contributed by atoms with Gasteiger partial charge in [0.2, 0.25) is 10.0 Å². The maximum atomic E-state index is 12.9. The molecule has 0 radical (unpaired) electrons. The van der Waals surface area contributed by atoms with Gasteiger partial charge in [-0.2, -0.15) is 4.31 Å². The third-order valence-electron chi connectivity index (χ3n) is 3.47. The highest BCUT2D eigenvalue weighted by molar-refractivity contribution is 9.10. The lowest BCUT2D eigenvalue weighted by Crippen LogP contribution is -2.48. The molecule has 1 fully saturated rings. The molecule has 0 aromatic heterocycles. The van der Waals surface area contributed by atoms with Crippen LogP contribution in [0.3, 0.4) is 0 Å². The standard InChI is InChI=1S/C14H20BrNO4S/c1-9-4-12(8-17)5-13(14(9)15)21(18,19)16-6-10(2)20-11(3)7-16/h4-5,10-11,17H,6-8H2,1-3H3/t10-,11+. The van der Waals surface area contributed by atoms with Gasteiger partial charge >= 0.3 is 0 Å². The first-order valence-corrected chi connectivity index (χ1v) is 9.04. The Bertz CT molecular complexity index is 622. The van der Waals surface area contributed by atoms with Crippen molar-refractivity contribution in [3.63, 3.8) is 0 Å². The van der Waals surface area contributed by atoms with Crippen molar-refractivity contribution in [2.45, 2.75) is 44.5 Å². The zero-order valence-corrected chi connectivity index (χ0v) is 14.7. The second-order valence-corrected chi connectivity index (χ2v) is 8.16. The first kappa shape index (κ1) is 16.9. The molecule has 0 bridgehead atoms. The van der Waals surface area contributed by atoms with Crippen LogP contribution in [0.1, 0.15) is 25.0 Å². The summed E-state index contributed by atoms with van der Waals surface area (Å²) in [7, 11) is -3.62. The number of sulfonamides is 1. The Hall–Kier alpha value is -0.470. The van der Waals surface area contributed by atoms with Crippen molar-refractivity contribution in [3.05, 3.63) is 27.7 Å². The molecule has 1 aliphatic heterocycles. The van der Waals surface area contributed by atoms with Crippen molar-refractivity contribution in [1.29, 1.82) is 0 Å². The van der Waals surface area contributed by atoms with Crippen LogP contribution in [-0.2, 0) is 21.4 Å². The largest absolute Gasteiger partial charge is 0.392 e. The smallest absolute Gasteiger partial charge is 0.244 e. The molecule has 2 rings (SSSR count). The van der Waals surface area contributed by atoms with Gasteiger partial charge in [-0.1, -0.05) is 6.07 Å². The number of halogens is 1. The van der Waals surface area contributed by atoms with Crippen LogP contribution in [0.4, 0.5) is 0 Å². The van der Waals surface area contributed by atoms with Crippen LogP contribution < -0.4 is 0 Å². The summed E-state index contributed by atoms with van der Waals surface area (Å²) in [4.78, 5) is 0.202. The Labute approximate surface area is 134 Å². The van der Waals surface area contributed by atoms with Crippen LogP contribution in [0.2, 0.25) is 0 Å². The van der Waals surface area contributed by atoms with Crippen LogP contribution in [-0.4, -0.2) is 43.1 Å². The van der Waals surface area contributed by atoms with E-state index >= 15 is 0 Å². The fourth-order valence-corrected chi connectivity index (χ4v) is 5.18. The van der Waals surface area contributed by atoms with Crippen molar-refractivity contribution in [1.82, 2.24) is 4.31 Å². The van der Waals surface area contributed by atoms with Gasteiger partial charge in [0.05, 0.1) is 23.7 Å². The SMILES string of the molecule is Cc1cc(CO)cc(S(=O)(=O)N2C[C@@H](C)O[C@@H](C)C2)c1Br. The van der Waals surface area contributed by atoms with E-state index in [0.29, 0.717) is 23.1 Å². The van der Waals surface area contributed by atoms with Crippen LogP contribution >= 0.6 is 15.9 Å². The van der Waals surface area contributed by atoms with E-state index in [4.69, 9.17) is 4.74 Å². The number of aryl methyl sites for hydroxylation is 1. The van der Waals surface area contributed by atoms with E-state index in [2.05, 4.69) is 15.9 Å². The van der Waals surface area contributed by atoms with E-state index in [1.807, 2.05) is 20.8 Å². The van der Waals surface area contributed by atoms with Gasteiger partial charge in [0.15, 0.2) is 0 Å².